The Morgan fingerprint density at radius 3 is 2.50 bits per heavy atom. The third-order valence-corrected chi connectivity index (χ3v) is 3.83. The van der Waals surface area contributed by atoms with Gasteiger partial charge in [0, 0.05) is 23.4 Å². The molecule has 2 rings (SSSR count). The molecule has 0 bridgehead atoms. The van der Waals surface area contributed by atoms with E-state index in [9.17, 15) is 9.59 Å². The lowest BCUT2D eigenvalue weighted by Crippen LogP contribution is -2.24. The second kappa shape index (κ2) is 8.32. The maximum atomic E-state index is 12.2. The molecule has 1 aliphatic rings. The van der Waals surface area contributed by atoms with Crippen molar-refractivity contribution < 1.29 is 9.59 Å². The second-order valence-electron chi connectivity index (χ2n) is 5.56. The Balaban J connectivity index is 1.89. The Morgan fingerprint density at radius 2 is 1.86 bits per heavy atom. The number of amides is 2. The standard InChI is InChI=1S/C17H23N3O2/c1-2-12-18-20-17(22)14-8-10-15(11-9-14)19-16(21)13-6-4-3-5-7-13/h8-13H,2-7H2,1H3,(H,19,21)(H,20,22). The van der Waals surface area contributed by atoms with Crippen molar-refractivity contribution >= 4 is 23.7 Å². The van der Waals surface area contributed by atoms with Gasteiger partial charge in [0.15, 0.2) is 0 Å². The molecule has 0 atom stereocenters. The molecule has 1 saturated carbocycles. The highest BCUT2D eigenvalue weighted by Gasteiger charge is 2.20. The molecule has 1 aromatic carbocycles. The maximum Gasteiger partial charge on any atom is 0.271 e. The predicted molar refractivity (Wildman–Crippen MR) is 87.9 cm³/mol. The molecule has 0 spiro atoms. The Morgan fingerprint density at radius 1 is 1.18 bits per heavy atom. The van der Waals surface area contributed by atoms with Crippen LogP contribution in [0.15, 0.2) is 29.4 Å². The van der Waals surface area contributed by atoms with Gasteiger partial charge in [0.1, 0.15) is 0 Å². The van der Waals surface area contributed by atoms with Crippen LogP contribution in [0.25, 0.3) is 0 Å². The highest BCUT2D eigenvalue weighted by Crippen LogP contribution is 2.25. The molecule has 0 saturated heterocycles. The van der Waals surface area contributed by atoms with Gasteiger partial charge in [-0.3, -0.25) is 9.59 Å². The molecule has 1 aromatic rings. The molecule has 5 nitrogen and oxygen atoms in total. The first-order valence-corrected chi connectivity index (χ1v) is 7.93. The molecule has 0 unspecified atom stereocenters. The molecule has 22 heavy (non-hydrogen) atoms. The van der Waals surface area contributed by atoms with Gasteiger partial charge in [-0.1, -0.05) is 26.2 Å². The van der Waals surface area contributed by atoms with Crippen LogP contribution >= 0.6 is 0 Å². The molecule has 1 fully saturated rings. The summed E-state index contributed by atoms with van der Waals surface area (Å²) in [7, 11) is 0. The SMILES string of the molecule is CCC=NNC(=O)c1ccc(NC(=O)C2CCCCC2)cc1. The number of hydrazone groups is 1. The molecule has 2 N–H and O–H groups in total. The summed E-state index contributed by atoms with van der Waals surface area (Å²) in [5, 5.41) is 6.73. The average Bonchev–Trinajstić information content (AvgIpc) is 2.56. The van der Waals surface area contributed by atoms with Crippen molar-refractivity contribution in [2.24, 2.45) is 11.0 Å². The Kier molecular flexibility index (Phi) is 6.13. The highest BCUT2D eigenvalue weighted by atomic mass is 16.2. The fourth-order valence-corrected chi connectivity index (χ4v) is 2.57. The molecule has 0 heterocycles. The molecule has 0 aliphatic heterocycles. The lowest BCUT2D eigenvalue weighted by molar-refractivity contribution is -0.120. The van der Waals surface area contributed by atoms with Crippen LogP contribution in [0.3, 0.4) is 0 Å². The van der Waals surface area contributed by atoms with E-state index in [0.717, 1.165) is 37.8 Å². The molecule has 118 valence electrons. The van der Waals surface area contributed by atoms with E-state index in [1.165, 1.54) is 6.42 Å². The summed E-state index contributed by atoms with van der Waals surface area (Å²) in [5.74, 6) is -0.0422. The van der Waals surface area contributed by atoms with E-state index in [0.29, 0.717) is 5.56 Å². The Bertz CT molecular complexity index is 531. The monoisotopic (exact) mass is 301 g/mol. The summed E-state index contributed by atoms with van der Waals surface area (Å²) >= 11 is 0. The van der Waals surface area contributed by atoms with Crippen LogP contribution in [-0.2, 0) is 4.79 Å². The van der Waals surface area contributed by atoms with Gasteiger partial charge in [0.25, 0.3) is 5.91 Å². The van der Waals surface area contributed by atoms with Crippen LogP contribution in [0.2, 0.25) is 0 Å². The van der Waals surface area contributed by atoms with Crippen LogP contribution in [-0.4, -0.2) is 18.0 Å². The Hall–Kier alpha value is -2.17. The normalized spacial score (nSPS) is 15.7. The quantitative estimate of drug-likeness (QED) is 0.647. The zero-order valence-corrected chi connectivity index (χ0v) is 13.0. The van der Waals surface area contributed by atoms with Crippen LogP contribution in [0.5, 0.6) is 0 Å². The number of benzene rings is 1. The van der Waals surface area contributed by atoms with Gasteiger partial charge in [0.05, 0.1) is 0 Å². The second-order valence-corrected chi connectivity index (χ2v) is 5.56. The van der Waals surface area contributed by atoms with Gasteiger partial charge in [-0.05, 0) is 43.5 Å². The summed E-state index contributed by atoms with van der Waals surface area (Å²) < 4.78 is 0. The van der Waals surface area contributed by atoms with Crippen molar-refractivity contribution in [3.63, 3.8) is 0 Å². The first-order chi connectivity index (χ1) is 10.7. The van der Waals surface area contributed by atoms with E-state index in [2.05, 4.69) is 15.8 Å². The van der Waals surface area contributed by atoms with E-state index in [-0.39, 0.29) is 17.7 Å². The fraction of sp³-hybridized carbons (Fsp3) is 0.471. The maximum absolute atomic E-state index is 12.2. The van der Waals surface area contributed by atoms with Crippen molar-refractivity contribution in [2.75, 3.05) is 5.32 Å². The zero-order valence-electron chi connectivity index (χ0n) is 13.0. The minimum absolute atomic E-state index is 0.0875. The molecule has 1 aliphatic carbocycles. The van der Waals surface area contributed by atoms with Gasteiger partial charge in [0.2, 0.25) is 5.91 Å². The van der Waals surface area contributed by atoms with Crippen molar-refractivity contribution in [3.8, 4) is 0 Å². The number of nitrogens with zero attached hydrogens (tertiary/aromatic N) is 1. The smallest absolute Gasteiger partial charge is 0.271 e. The molecule has 0 radical (unpaired) electrons. The first-order valence-electron chi connectivity index (χ1n) is 7.93. The van der Waals surface area contributed by atoms with Crippen molar-refractivity contribution in [1.82, 2.24) is 5.43 Å². The van der Waals surface area contributed by atoms with Gasteiger partial charge < -0.3 is 5.32 Å². The van der Waals surface area contributed by atoms with E-state index >= 15 is 0 Å². The van der Waals surface area contributed by atoms with Crippen LogP contribution in [0, 0.1) is 5.92 Å². The minimum atomic E-state index is -0.255. The van der Waals surface area contributed by atoms with E-state index in [1.807, 2.05) is 6.92 Å². The van der Waals surface area contributed by atoms with Crippen LogP contribution in [0.1, 0.15) is 55.8 Å². The van der Waals surface area contributed by atoms with E-state index in [4.69, 9.17) is 0 Å². The number of hydrogen-bond donors (Lipinski definition) is 2. The third kappa shape index (κ3) is 4.69. The summed E-state index contributed by atoms with van der Waals surface area (Å²) in [6.45, 7) is 1.94. The van der Waals surface area contributed by atoms with Gasteiger partial charge in [-0.2, -0.15) is 5.10 Å². The number of nitrogens with one attached hydrogen (secondary N) is 2. The minimum Gasteiger partial charge on any atom is -0.326 e. The van der Waals surface area contributed by atoms with Crippen molar-refractivity contribution in [3.05, 3.63) is 29.8 Å². The summed E-state index contributed by atoms with van der Waals surface area (Å²) in [4.78, 5) is 23.9. The Labute approximate surface area is 131 Å². The average molecular weight is 301 g/mol. The molecule has 2 amide bonds. The third-order valence-electron chi connectivity index (χ3n) is 3.83. The molecular weight excluding hydrogens is 278 g/mol. The fourth-order valence-electron chi connectivity index (χ4n) is 2.57. The summed E-state index contributed by atoms with van der Waals surface area (Å²) in [5.41, 5.74) is 3.70. The number of carbonyl (C=O) groups is 2. The lowest BCUT2D eigenvalue weighted by atomic mass is 9.88. The number of hydrogen-bond acceptors (Lipinski definition) is 3. The van der Waals surface area contributed by atoms with Crippen molar-refractivity contribution in [1.29, 1.82) is 0 Å². The molecule has 5 heteroatoms. The number of carbonyl (C=O) groups excluding carboxylic acids is 2. The predicted octanol–water partition coefficient (Wildman–Crippen LogP) is 3.33. The van der Waals surface area contributed by atoms with Crippen molar-refractivity contribution in [2.45, 2.75) is 45.4 Å². The topological polar surface area (TPSA) is 70.6 Å². The van der Waals surface area contributed by atoms with E-state index in [1.54, 1.807) is 30.5 Å². The molecule has 0 aromatic heterocycles. The van der Waals surface area contributed by atoms with Crippen LogP contribution in [0.4, 0.5) is 5.69 Å². The van der Waals surface area contributed by atoms with Gasteiger partial charge in [-0.25, -0.2) is 5.43 Å². The summed E-state index contributed by atoms with van der Waals surface area (Å²) in [6, 6.07) is 6.87. The lowest BCUT2D eigenvalue weighted by Gasteiger charge is -2.20. The largest absolute Gasteiger partial charge is 0.326 e. The van der Waals surface area contributed by atoms with Gasteiger partial charge >= 0.3 is 0 Å². The zero-order chi connectivity index (χ0) is 15.8. The van der Waals surface area contributed by atoms with E-state index < -0.39 is 0 Å². The van der Waals surface area contributed by atoms with Gasteiger partial charge in [-0.15, -0.1) is 0 Å². The number of anilines is 1. The highest BCUT2D eigenvalue weighted by molar-refractivity contribution is 5.96. The first kappa shape index (κ1) is 16.2. The number of rotatable bonds is 5. The van der Waals surface area contributed by atoms with Crippen LogP contribution < -0.4 is 10.7 Å². The molecular formula is C17H23N3O2. The summed E-state index contributed by atoms with van der Waals surface area (Å²) in [6.07, 6.45) is 7.85.